The summed E-state index contributed by atoms with van der Waals surface area (Å²) in [5.74, 6) is -3.21. The number of pyridine rings is 1. The summed E-state index contributed by atoms with van der Waals surface area (Å²) in [6, 6.07) is 5.16. The third-order valence-corrected chi connectivity index (χ3v) is 10.7. The van der Waals surface area contributed by atoms with Crippen LogP contribution < -0.4 is 25.8 Å². The molecule has 2 aliphatic rings. The zero-order valence-electron chi connectivity index (χ0n) is 28.2. The van der Waals surface area contributed by atoms with Crippen molar-refractivity contribution in [3.05, 3.63) is 70.4 Å². The molecule has 1 unspecified atom stereocenters. The summed E-state index contributed by atoms with van der Waals surface area (Å²) >= 11 is 0.638. The lowest BCUT2D eigenvalue weighted by atomic mass is 9.91. The molecular formula is C35H29F7N8O2S. The van der Waals surface area contributed by atoms with Crippen LogP contribution >= 0.6 is 11.3 Å². The molecule has 0 radical (unpaired) electrons. The number of fused-ring (bicyclic) bond motifs is 1. The lowest BCUT2D eigenvalue weighted by Crippen LogP contribution is -2.38. The molecule has 18 heteroatoms. The number of benzene rings is 2. The number of likely N-dealkylation sites (tertiary alicyclic amines) is 1. The van der Waals surface area contributed by atoms with Crippen LogP contribution in [0.25, 0.3) is 32.1 Å². The van der Waals surface area contributed by atoms with Gasteiger partial charge >= 0.3 is 12.2 Å². The Morgan fingerprint density at radius 3 is 2.55 bits per heavy atom. The smallest absolute Gasteiger partial charge is 0.420 e. The number of hydrogen-bond donors (Lipinski definition) is 2. The van der Waals surface area contributed by atoms with E-state index in [1.54, 1.807) is 48.9 Å². The first-order chi connectivity index (χ1) is 25.1. The number of anilines is 3. The van der Waals surface area contributed by atoms with Gasteiger partial charge in [-0.25, -0.2) is 13.8 Å². The van der Waals surface area contributed by atoms with E-state index in [-0.39, 0.29) is 64.0 Å². The minimum absolute atomic E-state index is 0.0226. The van der Waals surface area contributed by atoms with E-state index in [1.165, 1.54) is 6.20 Å². The van der Waals surface area contributed by atoms with Crippen LogP contribution in [0, 0.1) is 23.0 Å². The predicted molar refractivity (Wildman–Crippen MR) is 185 cm³/mol. The number of halogens is 7. The molecule has 0 spiro atoms. The molecule has 0 bridgehead atoms. The fourth-order valence-electron chi connectivity index (χ4n) is 7.18. The van der Waals surface area contributed by atoms with E-state index in [1.807, 2.05) is 0 Å². The highest BCUT2D eigenvalue weighted by molar-refractivity contribution is 7.23. The number of nitrogen functional groups attached to an aromatic ring is 2. The summed E-state index contributed by atoms with van der Waals surface area (Å²) in [7, 11) is 1.63. The number of alkyl halides is 3. The highest BCUT2D eigenvalue weighted by Crippen LogP contribution is 2.54. The van der Waals surface area contributed by atoms with Crippen molar-refractivity contribution >= 4 is 49.0 Å². The molecule has 3 atom stereocenters. The number of hydrogen-bond acceptors (Lipinski definition) is 11. The van der Waals surface area contributed by atoms with Crippen molar-refractivity contribution < 1.29 is 40.2 Å². The number of nitriles is 1. The quantitative estimate of drug-likeness (QED) is 0.165. The maximum Gasteiger partial charge on any atom is 0.420 e. The number of nitrogens with two attached hydrogens (primary N) is 2. The average molecular weight is 759 g/mol. The number of nitrogens with zero attached hydrogens (tertiary/aromatic N) is 6. The van der Waals surface area contributed by atoms with Crippen molar-refractivity contribution in [3.63, 3.8) is 0 Å². The Balaban J connectivity index is 1.54. The summed E-state index contributed by atoms with van der Waals surface area (Å²) in [4.78, 5) is 16.2. The topological polar surface area (TPSA) is 139 Å². The molecule has 4 N–H and O–H groups in total. The Bertz CT molecular complexity index is 2370. The Morgan fingerprint density at radius 2 is 1.89 bits per heavy atom. The molecule has 5 heterocycles. The standard InChI is InChI=1S/C35H29F7N8O2S/c1-14(17-5-4-8-46-31(17)44)50-9-10-51-28-24-27(47-34(48-33(24)50)52-15(2)21-11-16(30(38)39)13-49(21)3)26(37)23(25(28)35(40,41)42)18-6-7-20(36)29-22(18)19(12-43)32(45)53-29/h4-8,14-15,21H,9-11,13,45H2,1-3H3,(H2,44,46)/t14-,15+,21?/m1/s1. The lowest BCUT2D eigenvalue weighted by molar-refractivity contribution is -0.138. The second kappa shape index (κ2) is 13.2. The minimum atomic E-state index is -5.27. The Labute approximate surface area is 301 Å². The van der Waals surface area contributed by atoms with Crippen molar-refractivity contribution in [1.82, 2.24) is 19.9 Å². The van der Waals surface area contributed by atoms with Gasteiger partial charge in [0.2, 0.25) is 0 Å². The van der Waals surface area contributed by atoms with Crippen LogP contribution in [0.4, 0.5) is 47.4 Å². The minimum Gasteiger partial charge on any atom is -0.490 e. The van der Waals surface area contributed by atoms with E-state index in [0.29, 0.717) is 16.9 Å². The largest absolute Gasteiger partial charge is 0.490 e. The molecule has 10 nitrogen and oxygen atoms in total. The molecule has 7 rings (SSSR count). The van der Waals surface area contributed by atoms with Gasteiger partial charge in [-0.3, -0.25) is 4.90 Å². The monoisotopic (exact) mass is 758 g/mol. The van der Waals surface area contributed by atoms with Crippen molar-refractivity contribution in [2.75, 3.05) is 43.1 Å². The van der Waals surface area contributed by atoms with Crippen LogP contribution in [-0.2, 0) is 6.18 Å². The van der Waals surface area contributed by atoms with Crippen LogP contribution in [0.2, 0.25) is 0 Å². The third-order valence-electron chi connectivity index (χ3n) is 9.69. The second-order valence-corrected chi connectivity index (χ2v) is 13.8. The summed E-state index contributed by atoms with van der Waals surface area (Å²) in [5.41, 5.74) is 8.55. The van der Waals surface area contributed by atoms with Gasteiger partial charge < -0.3 is 25.8 Å². The first-order valence-corrected chi connectivity index (χ1v) is 17.0. The van der Waals surface area contributed by atoms with Gasteiger partial charge in [0.05, 0.1) is 34.3 Å². The molecule has 2 aliphatic heterocycles. The fraction of sp³-hybridized carbons (Fsp3) is 0.314. The van der Waals surface area contributed by atoms with Gasteiger partial charge in [0.15, 0.2) is 5.82 Å². The molecule has 2 aromatic carbocycles. The number of ether oxygens (including phenoxy) is 2. The summed E-state index contributed by atoms with van der Waals surface area (Å²) < 4.78 is 117. The van der Waals surface area contributed by atoms with E-state index in [0.717, 1.165) is 12.1 Å². The third kappa shape index (κ3) is 5.97. The van der Waals surface area contributed by atoms with Crippen LogP contribution in [-0.4, -0.2) is 58.7 Å². The van der Waals surface area contributed by atoms with E-state index < -0.39 is 81.4 Å². The molecule has 53 heavy (non-hydrogen) atoms. The number of rotatable bonds is 6. The highest BCUT2D eigenvalue weighted by Gasteiger charge is 2.44. The van der Waals surface area contributed by atoms with Crippen molar-refractivity contribution in [3.8, 4) is 29.0 Å². The van der Waals surface area contributed by atoms with E-state index >= 15 is 22.0 Å². The predicted octanol–water partition coefficient (Wildman–Crippen LogP) is 7.82. The lowest BCUT2D eigenvalue weighted by Gasteiger charge is -2.31. The molecule has 1 saturated heterocycles. The molecule has 1 fully saturated rings. The number of aromatic nitrogens is 3. The van der Waals surface area contributed by atoms with Crippen LogP contribution in [0.1, 0.15) is 43.0 Å². The van der Waals surface area contributed by atoms with Gasteiger partial charge in [0.25, 0.3) is 6.08 Å². The summed E-state index contributed by atoms with van der Waals surface area (Å²) in [6.07, 6.45) is -6.51. The van der Waals surface area contributed by atoms with E-state index in [4.69, 9.17) is 20.9 Å². The van der Waals surface area contributed by atoms with Gasteiger partial charge in [-0.1, -0.05) is 12.1 Å². The Morgan fingerprint density at radius 1 is 1.13 bits per heavy atom. The first kappa shape index (κ1) is 36.0. The molecule has 3 aromatic heterocycles. The van der Waals surface area contributed by atoms with E-state index in [9.17, 15) is 14.0 Å². The van der Waals surface area contributed by atoms with Gasteiger partial charge in [-0.05, 0) is 45.0 Å². The second-order valence-electron chi connectivity index (χ2n) is 12.8. The molecular weight excluding hydrogens is 729 g/mol. The normalized spacial score (nSPS) is 17.5. The summed E-state index contributed by atoms with van der Waals surface area (Å²) in [5, 5.41) is 8.98. The van der Waals surface area contributed by atoms with Gasteiger partial charge in [0.1, 0.15) is 58.1 Å². The maximum atomic E-state index is 17.4. The fourth-order valence-corrected chi connectivity index (χ4v) is 8.13. The Hall–Kier alpha value is -5.41. The summed E-state index contributed by atoms with van der Waals surface area (Å²) in [6.45, 7) is 2.85. The molecule has 0 aliphatic carbocycles. The average Bonchev–Trinajstić information content (AvgIpc) is 3.60. The van der Waals surface area contributed by atoms with Crippen molar-refractivity contribution in [1.29, 1.82) is 5.26 Å². The zero-order valence-corrected chi connectivity index (χ0v) is 29.0. The maximum absolute atomic E-state index is 17.4. The SMILES string of the molecule is C[C@H](Oc1nc2c3c(c(C(F)(F)F)c(-c4ccc(F)c5sc(N)c(C#N)c45)c(F)c3n1)OCCN2[C@H](C)c1cccnc1N)C1CC(=C(F)F)CN1C. The first-order valence-electron chi connectivity index (χ1n) is 16.2. The number of thiophene rings is 1. The van der Waals surface area contributed by atoms with Crippen molar-refractivity contribution in [2.45, 2.75) is 44.6 Å². The Kier molecular flexibility index (Phi) is 8.97. The molecule has 276 valence electrons. The van der Waals surface area contributed by atoms with Crippen LogP contribution in [0.5, 0.6) is 11.8 Å². The van der Waals surface area contributed by atoms with Gasteiger partial charge in [0, 0.05) is 34.8 Å². The number of likely N-dealkylation sites (N-methyl/N-ethyl adjacent to an activating group) is 1. The van der Waals surface area contributed by atoms with Gasteiger partial charge in [-0.15, -0.1) is 11.3 Å². The van der Waals surface area contributed by atoms with Crippen LogP contribution in [0.15, 0.2) is 42.1 Å². The van der Waals surface area contributed by atoms with Gasteiger partial charge in [-0.2, -0.15) is 37.2 Å². The van der Waals surface area contributed by atoms with Crippen molar-refractivity contribution in [2.24, 2.45) is 0 Å². The molecule has 5 aromatic rings. The zero-order chi connectivity index (χ0) is 38.1. The highest BCUT2D eigenvalue weighted by atomic mass is 32.1. The van der Waals surface area contributed by atoms with E-state index in [2.05, 4.69) is 15.0 Å². The molecule has 0 amide bonds. The van der Waals surface area contributed by atoms with Crippen LogP contribution in [0.3, 0.4) is 0 Å². The molecule has 0 saturated carbocycles.